The SMILES string of the molecule is CCc1ccc(C(=O)NC2=CC=CS2(Cl)Cl)cc1OC1CCCC1. The summed E-state index contributed by atoms with van der Waals surface area (Å²) < 4.78 is 6.15. The van der Waals surface area contributed by atoms with Gasteiger partial charge in [0.15, 0.2) is 0 Å². The number of halogens is 2. The Kier molecular flexibility index (Phi) is 5.48. The number of hydrogen-bond donors (Lipinski definition) is 1. The van der Waals surface area contributed by atoms with Crippen LogP contribution in [0.15, 0.2) is 40.8 Å². The lowest BCUT2D eigenvalue weighted by molar-refractivity contribution is 0.0968. The molecule has 1 aromatic carbocycles. The largest absolute Gasteiger partial charge is 0.490 e. The first-order valence-corrected chi connectivity index (χ1v) is 11.6. The molecule has 24 heavy (non-hydrogen) atoms. The Labute approximate surface area is 153 Å². The molecule has 1 heterocycles. The van der Waals surface area contributed by atoms with E-state index in [1.807, 2.05) is 18.2 Å². The van der Waals surface area contributed by atoms with Gasteiger partial charge in [-0.05, 0) is 91.1 Å². The number of allylic oxidation sites excluding steroid dienone is 2. The highest BCUT2D eigenvalue weighted by Gasteiger charge is 2.26. The highest BCUT2D eigenvalue weighted by Crippen LogP contribution is 2.67. The maximum absolute atomic E-state index is 12.5. The predicted molar refractivity (Wildman–Crippen MR) is 103 cm³/mol. The summed E-state index contributed by atoms with van der Waals surface area (Å²) >= 11 is 0. The van der Waals surface area contributed by atoms with Gasteiger partial charge in [-0.25, -0.2) is 0 Å². The van der Waals surface area contributed by atoms with Gasteiger partial charge in [0.2, 0.25) is 0 Å². The van der Waals surface area contributed by atoms with Gasteiger partial charge in [-0.15, -0.1) is 0 Å². The summed E-state index contributed by atoms with van der Waals surface area (Å²) in [4.78, 5) is 12.5. The number of rotatable bonds is 5. The Balaban J connectivity index is 1.76. The molecule has 0 radical (unpaired) electrons. The number of carbonyl (C=O) groups is 1. The van der Waals surface area contributed by atoms with Gasteiger partial charge in [-0.3, -0.25) is 4.79 Å². The molecule has 0 atom stereocenters. The van der Waals surface area contributed by atoms with Gasteiger partial charge in [-0.1, -0.05) is 19.1 Å². The van der Waals surface area contributed by atoms with Crippen LogP contribution in [-0.2, 0) is 6.42 Å². The minimum atomic E-state index is -2.07. The van der Waals surface area contributed by atoms with Gasteiger partial charge < -0.3 is 10.1 Å². The molecule has 1 N–H and O–H groups in total. The van der Waals surface area contributed by atoms with Crippen LogP contribution in [-0.4, -0.2) is 12.0 Å². The van der Waals surface area contributed by atoms with Crippen LogP contribution in [0.1, 0.15) is 48.5 Å². The Morgan fingerprint density at radius 1 is 1.33 bits per heavy atom. The van der Waals surface area contributed by atoms with Crippen LogP contribution in [0, 0.1) is 0 Å². The fourth-order valence-electron chi connectivity index (χ4n) is 2.97. The first kappa shape index (κ1) is 17.7. The van der Waals surface area contributed by atoms with Crippen molar-refractivity contribution in [2.45, 2.75) is 45.1 Å². The van der Waals surface area contributed by atoms with Crippen LogP contribution in [0.25, 0.3) is 0 Å². The topological polar surface area (TPSA) is 38.3 Å². The Morgan fingerprint density at radius 2 is 2.08 bits per heavy atom. The Hall–Kier alpha value is -1.10. The van der Waals surface area contributed by atoms with Crippen molar-refractivity contribution in [2.75, 3.05) is 0 Å². The molecule has 0 bridgehead atoms. The summed E-state index contributed by atoms with van der Waals surface area (Å²) in [5.41, 5.74) is 1.67. The van der Waals surface area contributed by atoms with E-state index in [9.17, 15) is 4.79 Å². The van der Waals surface area contributed by atoms with Crippen molar-refractivity contribution in [2.24, 2.45) is 0 Å². The summed E-state index contributed by atoms with van der Waals surface area (Å²) in [7, 11) is 10.4. The fraction of sp³-hybridized carbons (Fsp3) is 0.389. The van der Waals surface area contributed by atoms with E-state index in [2.05, 4.69) is 12.2 Å². The maximum Gasteiger partial charge on any atom is 0.256 e. The van der Waals surface area contributed by atoms with Crippen LogP contribution in [0.4, 0.5) is 0 Å². The Morgan fingerprint density at radius 3 is 2.71 bits per heavy atom. The summed E-state index contributed by atoms with van der Waals surface area (Å²) in [6, 6.07) is 5.61. The van der Waals surface area contributed by atoms with Crippen molar-refractivity contribution in [1.29, 1.82) is 0 Å². The molecule has 0 saturated heterocycles. The minimum absolute atomic E-state index is 0.220. The molecule has 6 heteroatoms. The fourth-order valence-corrected chi connectivity index (χ4v) is 4.77. The summed E-state index contributed by atoms with van der Waals surface area (Å²) in [6.45, 7) is 2.09. The van der Waals surface area contributed by atoms with Crippen molar-refractivity contribution < 1.29 is 9.53 Å². The van der Waals surface area contributed by atoms with Gasteiger partial charge in [-0.2, -0.15) is 0 Å². The molecule has 0 aromatic heterocycles. The molecule has 1 aromatic rings. The normalized spacial score (nSPS) is 20.7. The molecule has 0 unspecified atom stereocenters. The molecule has 1 amide bonds. The first-order chi connectivity index (χ1) is 11.5. The zero-order valence-corrected chi connectivity index (χ0v) is 15.9. The highest BCUT2D eigenvalue weighted by atomic mass is 36.0. The van der Waals surface area contributed by atoms with Gasteiger partial charge >= 0.3 is 0 Å². The van der Waals surface area contributed by atoms with Crippen LogP contribution >= 0.6 is 29.8 Å². The number of carbonyl (C=O) groups excluding carboxylic acids is 1. The van der Waals surface area contributed by atoms with E-state index in [-0.39, 0.29) is 12.0 Å². The number of hydrogen-bond acceptors (Lipinski definition) is 2. The average molecular weight is 386 g/mol. The van der Waals surface area contributed by atoms with Gasteiger partial charge in [0.1, 0.15) is 5.75 Å². The number of amides is 1. The van der Waals surface area contributed by atoms with Crippen molar-refractivity contribution in [3.05, 3.63) is 51.9 Å². The van der Waals surface area contributed by atoms with Crippen molar-refractivity contribution in [1.82, 2.24) is 5.32 Å². The van der Waals surface area contributed by atoms with Crippen LogP contribution < -0.4 is 10.1 Å². The minimum Gasteiger partial charge on any atom is -0.490 e. The van der Waals surface area contributed by atoms with E-state index in [0.717, 1.165) is 30.6 Å². The zero-order chi connectivity index (χ0) is 17.2. The number of benzene rings is 1. The van der Waals surface area contributed by atoms with Crippen LogP contribution in [0.3, 0.4) is 0 Å². The lowest BCUT2D eigenvalue weighted by Crippen LogP contribution is -2.23. The van der Waals surface area contributed by atoms with Crippen molar-refractivity contribution in [3.8, 4) is 5.75 Å². The summed E-state index contributed by atoms with van der Waals surface area (Å²) in [6.07, 6.45) is 9.23. The summed E-state index contributed by atoms with van der Waals surface area (Å²) in [5.74, 6) is 0.591. The quantitative estimate of drug-likeness (QED) is 0.697. The van der Waals surface area contributed by atoms with Gasteiger partial charge in [0, 0.05) is 5.56 Å². The van der Waals surface area contributed by atoms with E-state index < -0.39 is 8.46 Å². The number of ether oxygens (including phenoxy) is 1. The number of nitrogens with one attached hydrogen (secondary N) is 1. The lowest BCUT2D eigenvalue weighted by atomic mass is 10.1. The molecule has 3 rings (SSSR count). The molecule has 1 aliphatic carbocycles. The molecule has 2 aliphatic rings. The molecular weight excluding hydrogens is 365 g/mol. The predicted octanol–water partition coefficient (Wildman–Crippen LogP) is 5.78. The average Bonchev–Trinajstić information content (AvgIpc) is 3.17. The molecule has 0 spiro atoms. The Bertz CT molecular complexity index is 694. The van der Waals surface area contributed by atoms with Crippen LogP contribution in [0.5, 0.6) is 5.75 Å². The third kappa shape index (κ3) is 3.93. The standard InChI is InChI=1S/C18H21Cl2NO2S/c1-2-13-9-10-14(12-16(13)23-15-6-3-4-7-15)18(22)21-17-8-5-11-24(17,19)20/h5,8-12,15H,2-4,6-7H2,1H3,(H,21,22). The number of aryl methyl sites for hydroxylation is 1. The van der Waals surface area contributed by atoms with E-state index in [1.165, 1.54) is 12.8 Å². The van der Waals surface area contributed by atoms with Gasteiger partial charge in [0.05, 0.1) is 11.1 Å². The lowest BCUT2D eigenvalue weighted by Gasteiger charge is -2.21. The zero-order valence-electron chi connectivity index (χ0n) is 13.6. The molecule has 1 saturated carbocycles. The van der Waals surface area contributed by atoms with E-state index in [1.54, 1.807) is 17.6 Å². The smallest absolute Gasteiger partial charge is 0.256 e. The third-order valence-corrected chi connectivity index (χ3v) is 7.27. The van der Waals surface area contributed by atoms with Crippen molar-refractivity contribution in [3.63, 3.8) is 0 Å². The second-order valence-corrected chi connectivity index (χ2v) is 11.1. The molecule has 130 valence electrons. The first-order valence-electron chi connectivity index (χ1n) is 8.21. The van der Waals surface area contributed by atoms with Crippen molar-refractivity contribution >= 4 is 35.7 Å². The van der Waals surface area contributed by atoms with Gasteiger partial charge in [0.25, 0.3) is 5.91 Å². The second kappa shape index (κ2) is 7.42. The highest BCUT2D eigenvalue weighted by molar-refractivity contribution is 8.70. The van der Waals surface area contributed by atoms with E-state index in [4.69, 9.17) is 26.1 Å². The van der Waals surface area contributed by atoms with E-state index in [0.29, 0.717) is 10.6 Å². The van der Waals surface area contributed by atoms with E-state index >= 15 is 0 Å². The van der Waals surface area contributed by atoms with Crippen LogP contribution in [0.2, 0.25) is 0 Å². The molecule has 1 fully saturated rings. The second-order valence-electron chi connectivity index (χ2n) is 6.02. The monoisotopic (exact) mass is 385 g/mol. The molecular formula is C18H21Cl2NO2S. The summed E-state index contributed by atoms with van der Waals surface area (Å²) in [5, 5.41) is 5.08. The third-order valence-electron chi connectivity index (χ3n) is 4.33. The molecule has 3 nitrogen and oxygen atoms in total. The molecule has 1 aliphatic heterocycles. The maximum atomic E-state index is 12.5.